The van der Waals surface area contributed by atoms with E-state index in [2.05, 4.69) is 15.5 Å². The van der Waals surface area contributed by atoms with Gasteiger partial charge in [0.2, 0.25) is 0 Å². The summed E-state index contributed by atoms with van der Waals surface area (Å²) in [4.78, 5) is 19.5. The Kier molecular flexibility index (Phi) is 5.47. The fraction of sp³-hybridized carbons (Fsp3) is 0.208. The largest absolute Gasteiger partial charge is 0.378 e. The average molecular weight is 450 g/mol. The van der Waals surface area contributed by atoms with E-state index < -0.39 is 11.7 Å². The van der Waals surface area contributed by atoms with Crippen molar-refractivity contribution in [3.05, 3.63) is 71.4 Å². The quantitative estimate of drug-likeness (QED) is 0.491. The number of pyridine rings is 1. The van der Waals surface area contributed by atoms with Crippen LogP contribution in [0.3, 0.4) is 0 Å². The van der Waals surface area contributed by atoms with Crippen molar-refractivity contribution in [1.82, 2.24) is 10.1 Å². The molecule has 1 fully saturated rings. The van der Waals surface area contributed by atoms with Crippen LogP contribution in [0, 0.1) is 18.6 Å². The van der Waals surface area contributed by atoms with Crippen molar-refractivity contribution >= 4 is 28.4 Å². The van der Waals surface area contributed by atoms with E-state index in [1.807, 2.05) is 4.90 Å². The highest BCUT2D eigenvalue weighted by Gasteiger charge is 2.21. The van der Waals surface area contributed by atoms with Gasteiger partial charge in [0.25, 0.3) is 11.6 Å². The Hall–Kier alpha value is -3.85. The Morgan fingerprint density at radius 1 is 1.06 bits per heavy atom. The number of carbonyl (C=O) groups is 1. The van der Waals surface area contributed by atoms with Gasteiger partial charge in [0.1, 0.15) is 11.6 Å². The van der Waals surface area contributed by atoms with Gasteiger partial charge < -0.3 is 19.5 Å². The molecule has 168 valence electrons. The molecule has 1 aliphatic rings. The van der Waals surface area contributed by atoms with Gasteiger partial charge in [-0.15, -0.1) is 0 Å². The topological polar surface area (TPSA) is 80.5 Å². The zero-order valence-corrected chi connectivity index (χ0v) is 17.8. The lowest BCUT2D eigenvalue weighted by molar-refractivity contribution is 0.102. The summed E-state index contributed by atoms with van der Waals surface area (Å²) in [6.45, 7) is 4.01. The van der Waals surface area contributed by atoms with Crippen LogP contribution in [0.25, 0.3) is 22.4 Å². The zero-order valence-electron chi connectivity index (χ0n) is 17.8. The molecular formula is C24H20F2N4O3. The number of amides is 1. The summed E-state index contributed by atoms with van der Waals surface area (Å²) < 4.78 is 38.7. The van der Waals surface area contributed by atoms with Crippen molar-refractivity contribution in [3.63, 3.8) is 0 Å². The molecule has 7 nitrogen and oxygen atoms in total. The van der Waals surface area contributed by atoms with Crippen molar-refractivity contribution in [2.45, 2.75) is 6.92 Å². The van der Waals surface area contributed by atoms with Crippen molar-refractivity contribution in [3.8, 4) is 11.3 Å². The Balaban J connectivity index is 1.47. The average Bonchev–Trinajstić information content (AvgIpc) is 3.20. The van der Waals surface area contributed by atoms with Crippen LogP contribution in [0.1, 0.15) is 16.1 Å². The molecule has 1 amide bonds. The summed E-state index contributed by atoms with van der Waals surface area (Å²) in [5.41, 5.74) is 2.79. The minimum absolute atomic E-state index is 0.188. The molecule has 33 heavy (non-hydrogen) atoms. The van der Waals surface area contributed by atoms with E-state index in [1.54, 1.807) is 37.3 Å². The lowest BCUT2D eigenvalue weighted by Gasteiger charge is -2.29. The third-order valence-electron chi connectivity index (χ3n) is 5.56. The molecular weight excluding hydrogens is 430 g/mol. The number of rotatable bonds is 4. The molecule has 9 heteroatoms. The van der Waals surface area contributed by atoms with Gasteiger partial charge in [-0.1, -0.05) is 5.16 Å². The van der Waals surface area contributed by atoms with Gasteiger partial charge >= 0.3 is 0 Å². The number of nitrogens with zero attached hydrogens (tertiary/aromatic N) is 3. The highest BCUT2D eigenvalue weighted by molar-refractivity contribution is 6.13. The van der Waals surface area contributed by atoms with Gasteiger partial charge in [0.15, 0.2) is 0 Å². The highest BCUT2D eigenvalue weighted by atomic mass is 19.1. The third-order valence-corrected chi connectivity index (χ3v) is 5.56. The van der Waals surface area contributed by atoms with E-state index >= 15 is 0 Å². The lowest BCUT2D eigenvalue weighted by Crippen LogP contribution is -2.36. The first kappa shape index (κ1) is 21.0. The number of hydrogen-bond acceptors (Lipinski definition) is 6. The molecule has 4 aromatic rings. The number of aryl methyl sites for hydroxylation is 1. The zero-order chi connectivity index (χ0) is 22.9. The summed E-state index contributed by atoms with van der Waals surface area (Å²) in [6, 6.07) is 11.9. The minimum atomic E-state index is -0.462. The molecule has 0 spiro atoms. The van der Waals surface area contributed by atoms with E-state index in [4.69, 9.17) is 9.26 Å². The third kappa shape index (κ3) is 4.14. The summed E-state index contributed by atoms with van der Waals surface area (Å²) in [7, 11) is 0. The molecule has 1 saturated heterocycles. The van der Waals surface area contributed by atoms with Gasteiger partial charge in [-0.2, -0.15) is 0 Å². The number of aromatic nitrogens is 2. The number of ether oxygens (including phenoxy) is 1. The molecule has 0 atom stereocenters. The second kappa shape index (κ2) is 8.59. The van der Waals surface area contributed by atoms with Gasteiger partial charge in [-0.3, -0.25) is 4.79 Å². The predicted octanol–water partition coefficient (Wildman–Crippen LogP) is 4.57. The molecule has 0 unspecified atom stereocenters. The summed E-state index contributed by atoms with van der Waals surface area (Å²) in [6.07, 6.45) is 0. The molecule has 3 heterocycles. The molecule has 0 bridgehead atoms. The first-order valence-corrected chi connectivity index (χ1v) is 10.5. The maximum Gasteiger partial charge on any atom is 0.259 e. The fourth-order valence-corrected chi connectivity index (χ4v) is 3.89. The van der Waals surface area contributed by atoms with Crippen LogP contribution < -0.4 is 10.2 Å². The van der Waals surface area contributed by atoms with E-state index in [0.29, 0.717) is 60.0 Å². The molecule has 0 saturated carbocycles. The number of morpholine rings is 1. The Labute approximate surface area is 188 Å². The number of fused-ring (bicyclic) bond motifs is 1. The number of anilines is 2. The van der Waals surface area contributed by atoms with Crippen molar-refractivity contribution in [1.29, 1.82) is 0 Å². The van der Waals surface area contributed by atoms with Crippen molar-refractivity contribution < 1.29 is 22.8 Å². The Morgan fingerprint density at radius 3 is 2.55 bits per heavy atom. The molecule has 0 radical (unpaired) electrons. The van der Waals surface area contributed by atoms with Gasteiger partial charge in [0, 0.05) is 24.3 Å². The molecule has 5 rings (SSSR count). The number of nitrogens with one attached hydrogen (secondary N) is 1. The van der Waals surface area contributed by atoms with E-state index in [-0.39, 0.29) is 17.1 Å². The van der Waals surface area contributed by atoms with Crippen LogP contribution >= 0.6 is 0 Å². The van der Waals surface area contributed by atoms with E-state index in [1.165, 1.54) is 18.2 Å². The standard InChI is InChI=1S/C24H20F2N4O3/c1-14-22-18(13-20(28-24(22)33-29-14)15-2-4-16(25)5-3-15)23(31)27-17-6-7-21(19(26)12-17)30-8-10-32-11-9-30/h2-7,12-13H,8-11H2,1H3,(H,27,31). The summed E-state index contributed by atoms with van der Waals surface area (Å²) in [5, 5.41) is 7.13. The van der Waals surface area contributed by atoms with E-state index in [0.717, 1.165) is 0 Å². The van der Waals surface area contributed by atoms with Crippen molar-refractivity contribution in [2.75, 3.05) is 36.5 Å². The van der Waals surface area contributed by atoms with Gasteiger partial charge in [-0.05, 0) is 55.5 Å². The van der Waals surface area contributed by atoms with Crippen LogP contribution in [-0.4, -0.2) is 42.4 Å². The molecule has 2 aromatic carbocycles. The smallest absolute Gasteiger partial charge is 0.259 e. The lowest BCUT2D eigenvalue weighted by atomic mass is 10.0. The SMILES string of the molecule is Cc1noc2nc(-c3ccc(F)cc3)cc(C(=O)Nc3ccc(N4CCOCC4)c(F)c3)c12. The maximum atomic E-state index is 14.8. The monoisotopic (exact) mass is 450 g/mol. The Morgan fingerprint density at radius 2 is 1.82 bits per heavy atom. The number of hydrogen-bond donors (Lipinski definition) is 1. The first-order valence-electron chi connectivity index (χ1n) is 10.5. The second-order valence-corrected chi connectivity index (χ2v) is 7.73. The van der Waals surface area contributed by atoms with Crippen LogP contribution in [0.4, 0.5) is 20.2 Å². The van der Waals surface area contributed by atoms with E-state index in [9.17, 15) is 13.6 Å². The highest BCUT2D eigenvalue weighted by Crippen LogP contribution is 2.29. The minimum Gasteiger partial charge on any atom is -0.378 e. The second-order valence-electron chi connectivity index (χ2n) is 7.73. The number of halogens is 2. The Bertz CT molecular complexity index is 1330. The molecule has 0 aliphatic carbocycles. The van der Waals surface area contributed by atoms with Crippen molar-refractivity contribution in [2.24, 2.45) is 0 Å². The van der Waals surface area contributed by atoms with Gasteiger partial charge in [-0.25, -0.2) is 13.8 Å². The predicted molar refractivity (Wildman–Crippen MR) is 119 cm³/mol. The summed E-state index contributed by atoms with van der Waals surface area (Å²) >= 11 is 0. The van der Waals surface area contributed by atoms with Crippen LogP contribution in [-0.2, 0) is 4.74 Å². The van der Waals surface area contributed by atoms with Crippen LogP contribution in [0.5, 0.6) is 0 Å². The number of carbonyl (C=O) groups excluding carboxylic acids is 1. The maximum absolute atomic E-state index is 14.8. The normalized spacial score (nSPS) is 14.0. The summed E-state index contributed by atoms with van der Waals surface area (Å²) in [5.74, 6) is -1.27. The molecule has 1 N–H and O–H groups in total. The van der Waals surface area contributed by atoms with Crippen LogP contribution in [0.2, 0.25) is 0 Å². The van der Waals surface area contributed by atoms with Gasteiger partial charge in [0.05, 0.1) is 41.2 Å². The fourth-order valence-electron chi connectivity index (χ4n) is 3.89. The van der Waals surface area contributed by atoms with Crippen LogP contribution in [0.15, 0.2) is 53.1 Å². The number of benzene rings is 2. The first-order chi connectivity index (χ1) is 16.0. The molecule has 2 aromatic heterocycles. The molecule has 1 aliphatic heterocycles.